The van der Waals surface area contributed by atoms with Crippen LogP contribution in [0.4, 0.5) is 5.69 Å². The van der Waals surface area contributed by atoms with Crippen LogP contribution >= 0.6 is 0 Å². The Hall–Kier alpha value is -3.15. The third-order valence-electron chi connectivity index (χ3n) is 5.78. The van der Waals surface area contributed by atoms with Gasteiger partial charge in [-0.25, -0.2) is 0 Å². The first-order chi connectivity index (χ1) is 15.0. The van der Waals surface area contributed by atoms with Crippen molar-refractivity contribution in [3.63, 3.8) is 0 Å². The minimum atomic E-state index is -0.522. The van der Waals surface area contributed by atoms with Crippen LogP contribution in [0, 0.1) is 5.92 Å². The molecule has 6 nitrogen and oxygen atoms in total. The molecule has 31 heavy (non-hydrogen) atoms. The van der Waals surface area contributed by atoms with Crippen molar-refractivity contribution in [2.75, 3.05) is 25.0 Å². The van der Waals surface area contributed by atoms with Crippen molar-refractivity contribution < 1.29 is 19.1 Å². The maximum atomic E-state index is 12.3. The first-order valence-electron chi connectivity index (χ1n) is 10.8. The normalized spacial score (nSPS) is 16.8. The van der Waals surface area contributed by atoms with Gasteiger partial charge in [-0.15, -0.1) is 0 Å². The van der Waals surface area contributed by atoms with Crippen molar-refractivity contribution in [2.45, 2.75) is 39.0 Å². The first kappa shape index (κ1) is 22.5. The van der Waals surface area contributed by atoms with Crippen molar-refractivity contribution in [3.8, 4) is 0 Å². The molecule has 6 heteroatoms. The molecule has 3 rings (SSSR count). The van der Waals surface area contributed by atoms with Gasteiger partial charge in [-0.3, -0.25) is 14.4 Å². The second-order valence-electron chi connectivity index (χ2n) is 8.06. The Morgan fingerprint density at radius 1 is 1.13 bits per heavy atom. The zero-order chi connectivity index (χ0) is 22.2. The third-order valence-corrected chi connectivity index (χ3v) is 5.78. The second kappa shape index (κ2) is 10.8. The van der Waals surface area contributed by atoms with E-state index in [1.54, 1.807) is 4.90 Å². The molecule has 0 aliphatic carbocycles. The van der Waals surface area contributed by atoms with Crippen LogP contribution in [0.15, 0.2) is 54.6 Å². The maximum absolute atomic E-state index is 12.3. The minimum absolute atomic E-state index is 0.0521. The molecular formula is C25H30N2O4. The van der Waals surface area contributed by atoms with Gasteiger partial charge in [0.1, 0.15) is 0 Å². The molecule has 0 saturated carbocycles. The van der Waals surface area contributed by atoms with Gasteiger partial charge in [0, 0.05) is 25.2 Å². The molecule has 0 aromatic heterocycles. The fraction of sp³-hybridized carbons (Fsp3) is 0.400. The number of amides is 2. The summed E-state index contributed by atoms with van der Waals surface area (Å²) < 4.78 is 5.17. The lowest BCUT2D eigenvalue weighted by Crippen LogP contribution is -2.29. The SMILES string of the molecule is CC[C@@H](C)c1ccc(NC(=O)COC(=O)[C@@H]2CC(=O)N(CCc3ccccc3)C2)cc1. The highest BCUT2D eigenvalue weighted by Crippen LogP contribution is 2.21. The van der Waals surface area contributed by atoms with Crippen LogP contribution in [-0.4, -0.2) is 42.4 Å². The molecule has 164 valence electrons. The van der Waals surface area contributed by atoms with Crippen molar-refractivity contribution in [2.24, 2.45) is 5.92 Å². The summed E-state index contributed by atoms with van der Waals surface area (Å²) in [6, 6.07) is 17.6. The van der Waals surface area contributed by atoms with E-state index in [9.17, 15) is 14.4 Å². The number of esters is 1. The molecule has 1 aliphatic heterocycles. The molecule has 2 atom stereocenters. The van der Waals surface area contributed by atoms with Crippen LogP contribution in [0.2, 0.25) is 0 Å². The summed E-state index contributed by atoms with van der Waals surface area (Å²) in [4.78, 5) is 38.4. The summed E-state index contributed by atoms with van der Waals surface area (Å²) in [5, 5.41) is 2.73. The van der Waals surface area contributed by atoms with Gasteiger partial charge in [0.25, 0.3) is 5.91 Å². The zero-order valence-electron chi connectivity index (χ0n) is 18.2. The van der Waals surface area contributed by atoms with Gasteiger partial charge < -0.3 is 15.0 Å². The standard InChI is InChI=1S/C25H30N2O4/c1-3-18(2)20-9-11-22(12-10-20)26-23(28)17-31-25(30)21-15-24(29)27(16-21)14-13-19-7-5-4-6-8-19/h4-12,18,21H,3,13-17H2,1-2H3,(H,26,28)/t18-,21-/m1/s1. The Morgan fingerprint density at radius 3 is 2.52 bits per heavy atom. The summed E-state index contributed by atoms with van der Waals surface area (Å²) in [6.45, 7) is 4.84. The van der Waals surface area contributed by atoms with Gasteiger partial charge in [0.15, 0.2) is 6.61 Å². The molecule has 2 amide bonds. The molecule has 1 fully saturated rings. The molecule has 2 aromatic rings. The second-order valence-corrected chi connectivity index (χ2v) is 8.06. The minimum Gasteiger partial charge on any atom is -0.455 e. The predicted octanol–water partition coefficient (Wildman–Crippen LogP) is 3.77. The highest BCUT2D eigenvalue weighted by Gasteiger charge is 2.35. The van der Waals surface area contributed by atoms with Crippen LogP contribution in [0.3, 0.4) is 0 Å². The van der Waals surface area contributed by atoms with E-state index in [4.69, 9.17) is 4.74 Å². The smallest absolute Gasteiger partial charge is 0.311 e. The van der Waals surface area contributed by atoms with Crippen LogP contribution in [0.25, 0.3) is 0 Å². The molecule has 1 aliphatic rings. The van der Waals surface area contributed by atoms with Crippen LogP contribution in [0.5, 0.6) is 0 Å². The van der Waals surface area contributed by atoms with Crippen LogP contribution in [-0.2, 0) is 25.5 Å². The van der Waals surface area contributed by atoms with Crippen molar-refractivity contribution >= 4 is 23.5 Å². The summed E-state index contributed by atoms with van der Waals surface area (Å²) in [5.41, 5.74) is 3.03. The van der Waals surface area contributed by atoms with Crippen molar-refractivity contribution in [1.29, 1.82) is 0 Å². The molecule has 2 aromatic carbocycles. The monoisotopic (exact) mass is 422 g/mol. The Bertz CT molecular complexity index is 895. The predicted molar refractivity (Wildman–Crippen MR) is 120 cm³/mol. The fourth-order valence-electron chi connectivity index (χ4n) is 3.64. The van der Waals surface area contributed by atoms with E-state index in [2.05, 4.69) is 19.2 Å². The highest BCUT2D eigenvalue weighted by atomic mass is 16.5. The molecule has 0 unspecified atom stereocenters. The Morgan fingerprint density at radius 2 is 1.84 bits per heavy atom. The van der Waals surface area contributed by atoms with Gasteiger partial charge in [-0.2, -0.15) is 0 Å². The van der Waals surface area contributed by atoms with E-state index < -0.39 is 17.8 Å². The van der Waals surface area contributed by atoms with Gasteiger partial charge in [-0.1, -0.05) is 56.3 Å². The topological polar surface area (TPSA) is 75.7 Å². The molecule has 1 N–H and O–H groups in total. The first-order valence-corrected chi connectivity index (χ1v) is 10.8. The molecule has 0 radical (unpaired) electrons. The van der Waals surface area contributed by atoms with Gasteiger partial charge in [0.05, 0.1) is 5.92 Å². The number of likely N-dealkylation sites (tertiary alicyclic amines) is 1. The quantitative estimate of drug-likeness (QED) is 0.624. The number of carbonyl (C=O) groups excluding carboxylic acids is 3. The molecule has 0 spiro atoms. The lowest BCUT2D eigenvalue weighted by atomic mass is 9.99. The Labute approximate surface area is 183 Å². The molecule has 1 heterocycles. The summed E-state index contributed by atoms with van der Waals surface area (Å²) in [6.07, 6.45) is 1.92. The maximum Gasteiger partial charge on any atom is 0.311 e. The summed E-state index contributed by atoms with van der Waals surface area (Å²) >= 11 is 0. The van der Waals surface area contributed by atoms with Crippen LogP contribution in [0.1, 0.15) is 43.7 Å². The number of nitrogens with zero attached hydrogens (tertiary/aromatic N) is 1. The number of carbonyl (C=O) groups is 3. The van der Waals surface area contributed by atoms with E-state index in [1.165, 1.54) is 5.56 Å². The summed E-state index contributed by atoms with van der Waals surface area (Å²) in [7, 11) is 0. The Kier molecular flexibility index (Phi) is 7.82. The van der Waals surface area contributed by atoms with Crippen molar-refractivity contribution in [1.82, 2.24) is 4.90 Å². The number of ether oxygens (including phenoxy) is 1. The number of benzene rings is 2. The van der Waals surface area contributed by atoms with Gasteiger partial charge in [-0.05, 0) is 42.0 Å². The van der Waals surface area contributed by atoms with E-state index in [0.29, 0.717) is 24.7 Å². The molecular weight excluding hydrogens is 392 g/mol. The summed E-state index contributed by atoms with van der Waals surface area (Å²) in [5.74, 6) is -1.01. The highest BCUT2D eigenvalue weighted by molar-refractivity contribution is 5.93. The lowest BCUT2D eigenvalue weighted by molar-refractivity contribution is -0.151. The van der Waals surface area contributed by atoms with Crippen LogP contribution < -0.4 is 5.32 Å². The number of hydrogen-bond donors (Lipinski definition) is 1. The van der Waals surface area contributed by atoms with E-state index in [1.807, 2.05) is 54.6 Å². The number of nitrogens with one attached hydrogen (secondary N) is 1. The van der Waals surface area contributed by atoms with E-state index in [0.717, 1.165) is 18.4 Å². The molecule has 0 bridgehead atoms. The van der Waals surface area contributed by atoms with E-state index >= 15 is 0 Å². The van der Waals surface area contributed by atoms with Gasteiger partial charge >= 0.3 is 5.97 Å². The average molecular weight is 423 g/mol. The largest absolute Gasteiger partial charge is 0.455 e. The van der Waals surface area contributed by atoms with Gasteiger partial charge in [0.2, 0.25) is 5.91 Å². The number of anilines is 1. The molecule has 1 saturated heterocycles. The van der Waals surface area contributed by atoms with E-state index in [-0.39, 0.29) is 18.9 Å². The number of rotatable bonds is 9. The lowest BCUT2D eigenvalue weighted by Gasteiger charge is -2.16. The fourth-order valence-corrected chi connectivity index (χ4v) is 3.64. The zero-order valence-corrected chi connectivity index (χ0v) is 18.2. The number of hydrogen-bond acceptors (Lipinski definition) is 4. The Balaban J connectivity index is 1.41. The average Bonchev–Trinajstić information content (AvgIpc) is 3.17. The third kappa shape index (κ3) is 6.41. The van der Waals surface area contributed by atoms with Crippen molar-refractivity contribution in [3.05, 3.63) is 65.7 Å².